The van der Waals surface area contributed by atoms with Crippen LogP contribution in [0.3, 0.4) is 0 Å². The van der Waals surface area contributed by atoms with Crippen molar-refractivity contribution in [3.63, 3.8) is 0 Å². The van der Waals surface area contributed by atoms with Gasteiger partial charge in [0.2, 0.25) is 0 Å². The molecular weight excluding hydrogens is 302 g/mol. The molecular formula is C19H25N3O2. The molecule has 0 aliphatic carbocycles. The lowest BCUT2D eigenvalue weighted by atomic mass is 9.97. The number of nitrogens with zero attached hydrogens (tertiary/aromatic N) is 3. The van der Waals surface area contributed by atoms with Crippen molar-refractivity contribution in [2.45, 2.75) is 46.2 Å². The molecule has 0 bridgehead atoms. The van der Waals surface area contributed by atoms with E-state index in [0.717, 1.165) is 38.3 Å². The molecule has 0 amide bonds. The molecule has 5 nitrogen and oxygen atoms in total. The number of rotatable bonds is 5. The van der Waals surface area contributed by atoms with E-state index >= 15 is 0 Å². The van der Waals surface area contributed by atoms with Crippen LogP contribution in [0.4, 0.5) is 0 Å². The van der Waals surface area contributed by atoms with Crippen LogP contribution >= 0.6 is 0 Å². The minimum absolute atomic E-state index is 0.354. The number of likely N-dealkylation sites (tertiary alicyclic amines) is 1. The number of carbonyl (C=O) groups is 1. The van der Waals surface area contributed by atoms with E-state index in [9.17, 15) is 4.79 Å². The zero-order valence-corrected chi connectivity index (χ0v) is 14.6. The van der Waals surface area contributed by atoms with Crippen LogP contribution in [-0.2, 0) is 13.1 Å². The topological polar surface area (TPSA) is 58.4 Å². The highest BCUT2D eigenvalue weighted by molar-refractivity contribution is 5.87. The lowest BCUT2D eigenvalue weighted by molar-refractivity contribution is 0.0697. The average Bonchev–Trinajstić information content (AvgIpc) is 3.15. The summed E-state index contributed by atoms with van der Waals surface area (Å²) in [5, 5.41) is 13.6. The maximum atomic E-state index is 11.0. The van der Waals surface area contributed by atoms with Gasteiger partial charge < -0.3 is 5.11 Å². The maximum absolute atomic E-state index is 11.0. The van der Waals surface area contributed by atoms with Crippen molar-refractivity contribution >= 4 is 5.97 Å². The predicted molar refractivity (Wildman–Crippen MR) is 93.4 cm³/mol. The van der Waals surface area contributed by atoms with Gasteiger partial charge in [0.05, 0.1) is 11.3 Å². The predicted octanol–water partition coefficient (Wildman–Crippen LogP) is 3.21. The Balaban J connectivity index is 1.67. The average molecular weight is 327 g/mol. The summed E-state index contributed by atoms with van der Waals surface area (Å²) in [7, 11) is 0. The zero-order valence-electron chi connectivity index (χ0n) is 14.6. The Morgan fingerprint density at radius 3 is 2.58 bits per heavy atom. The molecule has 1 aliphatic rings. The summed E-state index contributed by atoms with van der Waals surface area (Å²) in [6.45, 7) is 10.3. The Labute approximate surface area is 142 Å². The van der Waals surface area contributed by atoms with Crippen LogP contribution in [0.15, 0.2) is 24.3 Å². The van der Waals surface area contributed by atoms with Crippen molar-refractivity contribution < 1.29 is 9.90 Å². The van der Waals surface area contributed by atoms with Crippen LogP contribution in [0.25, 0.3) is 0 Å². The van der Waals surface area contributed by atoms with Crippen molar-refractivity contribution in [1.82, 2.24) is 14.7 Å². The fraction of sp³-hybridized carbons (Fsp3) is 0.474. The number of hydrogen-bond acceptors (Lipinski definition) is 3. The summed E-state index contributed by atoms with van der Waals surface area (Å²) in [5.74, 6) is -0.386. The van der Waals surface area contributed by atoms with Gasteiger partial charge in [-0.15, -0.1) is 0 Å². The van der Waals surface area contributed by atoms with Crippen LogP contribution in [0.5, 0.6) is 0 Å². The molecule has 1 aliphatic heterocycles. The third-order valence-electron chi connectivity index (χ3n) is 5.11. The normalized spacial score (nSPS) is 18.2. The number of carboxylic acid groups (broad SMARTS) is 1. The van der Waals surface area contributed by atoms with Crippen molar-refractivity contribution in [2.24, 2.45) is 0 Å². The Hall–Kier alpha value is -2.14. The standard InChI is InChI=1S/C19H25N3O2/c1-4-22-14(3)18(13(2)20-22)12-21-10-9-17(11-21)15-5-7-16(8-6-15)19(23)24/h5-8,17H,4,9-12H2,1-3H3,(H,23,24)/t17-/m1/s1. The number of aryl methyl sites for hydroxylation is 2. The lowest BCUT2D eigenvalue weighted by Crippen LogP contribution is -2.20. The van der Waals surface area contributed by atoms with Gasteiger partial charge in [0.25, 0.3) is 0 Å². The molecule has 1 atom stereocenters. The van der Waals surface area contributed by atoms with Crippen molar-refractivity contribution in [2.75, 3.05) is 13.1 Å². The maximum Gasteiger partial charge on any atom is 0.335 e. The van der Waals surface area contributed by atoms with Crippen LogP contribution in [0, 0.1) is 13.8 Å². The summed E-state index contributed by atoms with van der Waals surface area (Å²) < 4.78 is 2.07. The van der Waals surface area contributed by atoms with Crippen LogP contribution < -0.4 is 0 Å². The molecule has 0 spiro atoms. The van der Waals surface area contributed by atoms with Gasteiger partial charge in [-0.2, -0.15) is 5.10 Å². The molecule has 24 heavy (non-hydrogen) atoms. The summed E-state index contributed by atoms with van der Waals surface area (Å²) in [6, 6.07) is 7.34. The van der Waals surface area contributed by atoms with E-state index < -0.39 is 5.97 Å². The van der Waals surface area contributed by atoms with E-state index in [4.69, 9.17) is 5.11 Å². The van der Waals surface area contributed by atoms with Crippen LogP contribution in [0.1, 0.15) is 52.1 Å². The van der Waals surface area contributed by atoms with Crippen molar-refractivity contribution in [3.8, 4) is 0 Å². The molecule has 1 fully saturated rings. The molecule has 1 aromatic carbocycles. The minimum Gasteiger partial charge on any atom is -0.478 e. The minimum atomic E-state index is -0.867. The second-order valence-corrected chi connectivity index (χ2v) is 6.61. The highest BCUT2D eigenvalue weighted by Gasteiger charge is 2.25. The highest BCUT2D eigenvalue weighted by Crippen LogP contribution is 2.29. The van der Waals surface area contributed by atoms with Gasteiger partial charge in [-0.05, 0) is 57.4 Å². The fourth-order valence-electron chi connectivity index (χ4n) is 3.64. The smallest absolute Gasteiger partial charge is 0.335 e. The van der Waals surface area contributed by atoms with E-state index in [2.05, 4.69) is 35.5 Å². The summed E-state index contributed by atoms with van der Waals surface area (Å²) >= 11 is 0. The van der Waals surface area contributed by atoms with Gasteiger partial charge in [0.1, 0.15) is 0 Å². The van der Waals surface area contributed by atoms with Gasteiger partial charge >= 0.3 is 5.97 Å². The molecule has 0 unspecified atom stereocenters. The third-order valence-corrected chi connectivity index (χ3v) is 5.11. The molecule has 0 saturated carbocycles. The number of carboxylic acids is 1. The first kappa shape index (κ1) is 16.7. The molecule has 3 rings (SSSR count). The number of benzene rings is 1. The van der Waals surface area contributed by atoms with Gasteiger partial charge in [-0.3, -0.25) is 9.58 Å². The number of aromatic carboxylic acids is 1. The van der Waals surface area contributed by atoms with Crippen LogP contribution in [-0.4, -0.2) is 38.8 Å². The summed E-state index contributed by atoms with van der Waals surface area (Å²) in [6.07, 6.45) is 1.12. The molecule has 2 aromatic rings. The third kappa shape index (κ3) is 3.22. The van der Waals surface area contributed by atoms with Crippen molar-refractivity contribution in [3.05, 3.63) is 52.3 Å². The Morgan fingerprint density at radius 1 is 1.29 bits per heavy atom. The van der Waals surface area contributed by atoms with E-state index in [1.165, 1.54) is 16.8 Å². The fourth-order valence-corrected chi connectivity index (χ4v) is 3.64. The zero-order chi connectivity index (χ0) is 17.3. The van der Waals surface area contributed by atoms with E-state index in [-0.39, 0.29) is 0 Å². The second-order valence-electron chi connectivity index (χ2n) is 6.61. The summed E-state index contributed by atoms with van der Waals surface area (Å²) in [4.78, 5) is 13.4. The number of aromatic nitrogens is 2. The van der Waals surface area contributed by atoms with Gasteiger partial charge in [0.15, 0.2) is 0 Å². The molecule has 0 radical (unpaired) electrons. The Morgan fingerprint density at radius 2 is 2.00 bits per heavy atom. The monoisotopic (exact) mass is 327 g/mol. The first-order valence-corrected chi connectivity index (χ1v) is 8.58. The molecule has 2 heterocycles. The molecule has 5 heteroatoms. The molecule has 1 saturated heterocycles. The SMILES string of the molecule is CCn1nc(C)c(CN2CC[C@@H](c3ccc(C(=O)O)cc3)C2)c1C. The summed E-state index contributed by atoms with van der Waals surface area (Å²) in [5.41, 5.74) is 5.33. The van der Waals surface area contributed by atoms with Gasteiger partial charge in [-0.25, -0.2) is 4.79 Å². The van der Waals surface area contributed by atoms with Crippen molar-refractivity contribution in [1.29, 1.82) is 0 Å². The second kappa shape index (κ2) is 6.77. The van der Waals surface area contributed by atoms with Gasteiger partial charge in [-0.1, -0.05) is 12.1 Å². The van der Waals surface area contributed by atoms with Crippen LogP contribution in [0.2, 0.25) is 0 Å². The van der Waals surface area contributed by atoms with Gasteiger partial charge in [0, 0.05) is 30.9 Å². The van der Waals surface area contributed by atoms with E-state index in [1.54, 1.807) is 12.1 Å². The Bertz CT molecular complexity index is 734. The quantitative estimate of drug-likeness (QED) is 0.916. The first-order valence-electron chi connectivity index (χ1n) is 8.58. The molecule has 1 N–H and O–H groups in total. The molecule has 128 valence electrons. The lowest BCUT2D eigenvalue weighted by Gasteiger charge is -2.17. The largest absolute Gasteiger partial charge is 0.478 e. The van der Waals surface area contributed by atoms with E-state index in [0.29, 0.717) is 11.5 Å². The highest BCUT2D eigenvalue weighted by atomic mass is 16.4. The Kier molecular flexibility index (Phi) is 4.71. The molecule has 1 aromatic heterocycles. The first-order chi connectivity index (χ1) is 11.5. The van der Waals surface area contributed by atoms with E-state index in [1.807, 2.05) is 12.1 Å². The number of hydrogen-bond donors (Lipinski definition) is 1.